The highest BCUT2D eigenvalue weighted by molar-refractivity contribution is 5.75. The van der Waals surface area contributed by atoms with Gasteiger partial charge in [0.2, 0.25) is 0 Å². The molecular formula is C11H11FN2O2. The van der Waals surface area contributed by atoms with Crippen LogP contribution >= 0.6 is 0 Å². The zero-order chi connectivity index (χ0) is 11.1. The molecule has 0 bridgehead atoms. The van der Waals surface area contributed by atoms with Gasteiger partial charge >= 0.3 is 5.69 Å². The molecule has 5 heteroatoms. The number of benzene rings is 1. The van der Waals surface area contributed by atoms with Crippen molar-refractivity contribution in [3.8, 4) is 0 Å². The molecule has 1 unspecified atom stereocenters. The standard InChI is InChI=1S/C11H11FN2O2/c12-7-1-2-10-9(5-7)13-11(15)14(10)8-3-4-16-6-8/h1-2,5,8H,3-4,6H2,(H,13,15). The third-order valence-electron chi connectivity index (χ3n) is 2.95. The Balaban J connectivity index is 2.23. The van der Waals surface area contributed by atoms with Gasteiger partial charge in [0.05, 0.1) is 23.7 Å². The predicted molar refractivity (Wildman–Crippen MR) is 57.0 cm³/mol. The van der Waals surface area contributed by atoms with E-state index in [4.69, 9.17) is 4.74 Å². The summed E-state index contributed by atoms with van der Waals surface area (Å²) >= 11 is 0. The summed E-state index contributed by atoms with van der Waals surface area (Å²) in [7, 11) is 0. The lowest BCUT2D eigenvalue weighted by Gasteiger charge is -2.09. The quantitative estimate of drug-likeness (QED) is 0.793. The van der Waals surface area contributed by atoms with Crippen molar-refractivity contribution in [1.82, 2.24) is 9.55 Å². The van der Waals surface area contributed by atoms with Crippen molar-refractivity contribution < 1.29 is 9.13 Å². The van der Waals surface area contributed by atoms with E-state index < -0.39 is 0 Å². The van der Waals surface area contributed by atoms with Crippen molar-refractivity contribution in [3.63, 3.8) is 0 Å². The molecule has 84 valence electrons. The number of fused-ring (bicyclic) bond motifs is 1. The first-order valence-corrected chi connectivity index (χ1v) is 5.23. The zero-order valence-electron chi connectivity index (χ0n) is 8.57. The van der Waals surface area contributed by atoms with Crippen LogP contribution < -0.4 is 5.69 Å². The number of nitrogens with zero attached hydrogens (tertiary/aromatic N) is 1. The number of imidazole rings is 1. The van der Waals surface area contributed by atoms with Gasteiger partial charge in [-0.15, -0.1) is 0 Å². The van der Waals surface area contributed by atoms with Crippen molar-refractivity contribution in [2.75, 3.05) is 13.2 Å². The maximum absolute atomic E-state index is 13.0. The first kappa shape index (κ1) is 9.59. The number of halogens is 1. The Morgan fingerprint density at radius 1 is 1.50 bits per heavy atom. The first-order valence-electron chi connectivity index (χ1n) is 5.23. The third kappa shape index (κ3) is 1.36. The number of nitrogens with one attached hydrogen (secondary N) is 1. The van der Waals surface area contributed by atoms with Gasteiger partial charge in [-0.3, -0.25) is 4.57 Å². The van der Waals surface area contributed by atoms with Crippen LogP contribution in [0.5, 0.6) is 0 Å². The molecule has 1 aliphatic heterocycles. The van der Waals surface area contributed by atoms with E-state index in [1.165, 1.54) is 12.1 Å². The highest BCUT2D eigenvalue weighted by Gasteiger charge is 2.21. The summed E-state index contributed by atoms with van der Waals surface area (Å²) < 4.78 is 19.9. The second-order valence-electron chi connectivity index (χ2n) is 3.98. The molecule has 4 nitrogen and oxygen atoms in total. The van der Waals surface area contributed by atoms with E-state index in [-0.39, 0.29) is 17.5 Å². The fraction of sp³-hybridized carbons (Fsp3) is 0.364. The molecule has 1 aromatic carbocycles. The topological polar surface area (TPSA) is 47.0 Å². The Morgan fingerprint density at radius 2 is 2.38 bits per heavy atom. The van der Waals surface area contributed by atoms with E-state index in [1.807, 2.05) is 0 Å². The Bertz CT molecular complexity index is 581. The van der Waals surface area contributed by atoms with Crippen LogP contribution in [0.3, 0.4) is 0 Å². The van der Waals surface area contributed by atoms with Crippen molar-refractivity contribution in [2.24, 2.45) is 0 Å². The Morgan fingerprint density at radius 3 is 3.12 bits per heavy atom. The largest absolute Gasteiger partial charge is 0.379 e. The summed E-state index contributed by atoms with van der Waals surface area (Å²) in [5.74, 6) is -0.344. The van der Waals surface area contributed by atoms with Gasteiger partial charge in [0.1, 0.15) is 5.82 Å². The fourth-order valence-electron chi connectivity index (χ4n) is 2.19. The van der Waals surface area contributed by atoms with Gasteiger partial charge < -0.3 is 9.72 Å². The molecular weight excluding hydrogens is 211 g/mol. The van der Waals surface area contributed by atoms with Crippen molar-refractivity contribution in [3.05, 3.63) is 34.5 Å². The van der Waals surface area contributed by atoms with Crippen molar-refractivity contribution in [1.29, 1.82) is 0 Å². The second kappa shape index (κ2) is 3.45. The van der Waals surface area contributed by atoms with Crippen LogP contribution in [0, 0.1) is 5.82 Å². The van der Waals surface area contributed by atoms with E-state index in [9.17, 15) is 9.18 Å². The minimum atomic E-state index is -0.344. The number of H-pyrrole nitrogens is 1. The SMILES string of the molecule is O=c1[nH]c2cc(F)ccc2n1C1CCOC1. The maximum Gasteiger partial charge on any atom is 0.326 e. The molecule has 1 atom stereocenters. The number of aromatic amines is 1. The highest BCUT2D eigenvalue weighted by Crippen LogP contribution is 2.22. The minimum absolute atomic E-state index is 0.0618. The molecule has 1 saturated heterocycles. The van der Waals surface area contributed by atoms with Gasteiger partial charge in [0.25, 0.3) is 0 Å². The summed E-state index contributed by atoms with van der Waals surface area (Å²) in [6.07, 6.45) is 0.824. The Kier molecular flexibility index (Phi) is 2.07. The normalized spacial score (nSPS) is 20.7. The van der Waals surface area contributed by atoms with Crippen molar-refractivity contribution in [2.45, 2.75) is 12.5 Å². The Hall–Kier alpha value is -1.62. The van der Waals surface area contributed by atoms with E-state index in [1.54, 1.807) is 10.6 Å². The maximum atomic E-state index is 13.0. The summed E-state index contributed by atoms with van der Waals surface area (Å²) in [4.78, 5) is 14.4. The van der Waals surface area contributed by atoms with Crippen LogP contribution in [-0.4, -0.2) is 22.8 Å². The van der Waals surface area contributed by atoms with Crippen LogP contribution in [0.1, 0.15) is 12.5 Å². The lowest BCUT2D eigenvalue weighted by atomic mass is 10.2. The average Bonchev–Trinajstić information content (AvgIpc) is 2.83. The lowest BCUT2D eigenvalue weighted by molar-refractivity contribution is 0.186. The van der Waals surface area contributed by atoms with E-state index in [0.717, 1.165) is 11.9 Å². The summed E-state index contributed by atoms with van der Waals surface area (Å²) in [5, 5.41) is 0. The number of aromatic nitrogens is 2. The van der Waals surface area contributed by atoms with E-state index in [2.05, 4.69) is 4.98 Å². The number of hydrogen-bond donors (Lipinski definition) is 1. The third-order valence-corrected chi connectivity index (χ3v) is 2.95. The highest BCUT2D eigenvalue weighted by atomic mass is 19.1. The van der Waals surface area contributed by atoms with Crippen LogP contribution in [0.4, 0.5) is 4.39 Å². The van der Waals surface area contributed by atoms with Crippen LogP contribution in [0.25, 0.3) is 11.0 Å². The Labute approximate surface area is 90.6 Å². The van der Waals surface area contributed by atoms with Crippen LogP contribution in [0.2, 0.25) is 0 Å². The van der Waals surface area contributed by atoms with Gasteiger partial charge in [-0.2, -0.15) is 0 Å². The van der Waals surface area contributed by atoms with Gasteiger partial charge in [-0.1, -0.05) is 0 Å². The monoisotopic (exact) mass is 222 g/mol. The lowest BCUT2D eigenvalue weighted by Crippen LogP contribution is -2.22. The molecule has 0 spiro atoms. The molecule has 1 aliphatic rings. The minimum Gasteiger partial charge on any atom is -0.379 e. The smallest absolute Gasteiger partial charge is 0.326 e. The number of ether oxygens (including phenoxy) is 1. The molecule has 0 aliphatic carbocycles. The summed E-state index contributed by atoms with van der Waals surface area (Å²) in [5.41, 5.74) is 1.08. The van der Waals surface area contributed by atoms with E-state index >= 15 is 0 Å². The zero-order valence-corrected chi connectivity index (χ0v) is 8.57. The molecule has 2 heterocycles. The summed E-state index contributed by atoms with van der Waals surface area (Å²) in [6.45, 7) is 1.22. The van der Waals surface area contributed by atoms with Crippen molar-refractivity contribution >= 4 is 11.0 Å². The first-order chi connectivity index (χ1) is 7.75. The predicted octanol–water partition coefficient (Wildman–Crippen LogP) is 1.43. The molecule has 1 fully saturated rings. The number of hydrogen-bond acceptors (Lipinski definition) is 2. The molecule has 3 rings (SSSR count). The van der Waals surface area contributed by atoms with E-state index in [0.29, 0.717) is 18.7 Å². The molecule has 16 heavy (non-hydrogen) atoms. The van der Waals surface area contributed by atoms with Gasteiger partial charge in [0.15, 0.2) is 0 Å². The van der Waals surface area contributed by atoms with Gasteiger partial charge in [-0.05, 0) is 24.6 Å². The molecule has 0 saturated carbocycles. The fourth-order valence-corrected chi connectivity index (χ4v) is 2.19. The molecule has 1 aromatic heterocycles. The van der Waals surface area contributed by atoms with Crippen LogP contribution in [0.15, 0.2) is 23.0 Å². The molecule has 0 radical (unpaired) electrons. The number of rotatable bonds is 1. The van der Waals surface area contributed by atoms with Crippen LogP contribution in [-0.2, 0) is 4.74 Å². The molecule has 2 aromatic rings. The molecule has 0 amide bonds. The van der Waals surface area contributed by atoms with Gasteiger partial charge in [-0.25, -0.2) is 9.18 Å². The van der Waals surface area contributed by atoms with Gasteiger partial charge in [0, 0.05) is 6.61 Å². The molecule has 1 N–H and O–H groups in total. The summed E-state index contributed by atoms with van der Waals surface area (Å²) in [6, 6.07) is 4.39. The average molecular weight is 222 g/mol. The second-order valence-corrected chi connectivity index (χ2v) is 3.98.